The van der Waals surface area contributed by atoms with Crippen LogP contribution >= 0.6 is 0 Å². The number of hydrogen-bond donors (Lipinski definition) is 1. The minimum atomic E-state index is -2.83. The number of aryl methyl sites for hydroxylation is 1. The number of likely N-dealkylation sites (tertiary alicyclic amines) is 1. The van der Waals surface area contributed by atoms with Crippen LogP contribution in [0.15, 0.2) is 55.0 Å². The molecule has 2 fully saturated rings. The number of amides is 3. The molecular weight excluding hydrogens is 444 g/mol. The van der Waals surface area contributed by atoms with Crippen LogP contribution in [-0.4, -0.2) is 44.3 Å². The average molecular weight is 465 g/mol. The number of hydrogen-bond acceptors (Lipinski definition) is 6. The number of alkyl halides is 2. The van der Waals surface area contributed by atoms with Gasteiger partial charge in [-0.1, -0.05) is 0 Å². The van der Waals surface area contributed by atoms with Crippen LogP contribution in [0.1, 0.15) is 25.0 Å². The Hall–Kier alpha value is -3.95. The lowest BCUT2D eigenvalue weighted by molar-refractivity contribution is -0.176. The number of urea groups is 1. The van der Waals surface area contributed by atoms with Crippen LogP contribution in [0.25, 0.3) is 11.3 Å². The van der Waals surface area contributed by atoms with Gasteiger partial charge in [0.25, 0.3) is 0 Å². The van der Waals surface area contributed by atoms with Gasteiger partial charge in [0.2, 0.25) is 11.8 Å². The first kappa shape index (κ1) is 21.9. The molecule has 0 aromatic carbocycles. The van der Waals surface area contributed by atoms with E-state index in [4.69, 9.17) is 4.74 Å². The molecule has 0 unspecified atom stereocenters. The molecule has 3 aromatic rings. The van der Waals surface area contributed by atoms with Gasteiger partial charge in [0.05, 0.1) is 17.3 Å². The number of ether oxygens (including phenoxy) is 1. The van der Waals surface area contributed by atoms with Crippen molar-refractivity contribution in [1.82, 2.24) is 19.9 Å². The number of halogens is 2. The number of carbonyl (C=O) groups is 2. The molecule has 5 rings (SSSR count). The van der Waals surface area contributed by atoms with E-state index < -0.39 is 36.1 Å². The molecule has 1 aliphatic heterocycles. The molecule has 34 heavy (non-hydrogen) atoms. The minimum absolute atomic E-state index is 0.114. The van der Waals surface area contributed by atoms with Gasteiger partial charge >= 0.3 is 6.03 Å². The molecule has 1 spiro atoms. The summed E-state index contributed by atoms with van der Waals surface area (Å²) in [6, 6.07) is 9.78. The van der Waals surface area contributed by atoms with Crippen molar-refractivity contribution in [3.8, 4) is 22.8 Å². The highest BCUT2D eigenvalue weighted by molar-refractivity contribution is 6.04. The van der Waals surface area contributed by atoms with E-state index in [9.17, 15) is 18.4 Å². The number of anilines is 1. The van der Waals surface area contributed by atoms with Crippen LogP contribution < -0.4 is 10.1 Å². The maximum absolute atomic E-state index is 13.3. The van der Waals surface area contributed by atoms with Crippen molar-refractivity contribution in [2.45, 2.75) is 32.1 Å². The van der Waals surface area contributed by atoms with Crippen molar-refractivity contribution < 1.29 is 23.1 Å². The zero-order chi connectivity index (χ0) is 23.9. The van der Waals surface area contributed by atoms with Gasteiger partial charge in [0, 0.05) is 49.1 Å². The summed E-state index contributed by atoms with van der Waals surface area (Å²) in [5.41, 5.74) is 1.42. The Labute approximate surface area is 194 Å². The van der Waals surface area contributed by atoms with Gasteiger partial charge in [-0.15, -0.1) is 0 Å². The molecule has 3 amide bonds. The van der Waals surface area contributed by atoms with E-state index in [-0.39, 0.29) is 18.8 Å². The second-order valence-electron chi connectivity index (χ2n) is 8.67. The molecule has 1 N–H and O–H groups in total. The van der Waals surface area contributed by atoms with Crippen molar-refractivity contribution in [3.05, 3.63) is 60.7 Å². The lowest BCUT2D eigenvalue weighted by Gasteiger charge is -2.42. The summed E-state index contributed by atoms with van der Waals surface area (Å²) in [6.45, 7) is 2.02. The number of carbonyl (C=O) groups excluding carboxylic acids is 2. The third-order valence-corrected chi connectivity index (χ3v) is 6.08. The van der Waals surface area contributed by atoms with E-state index in [1.54, 1.807) is 30.6 Å². The van der Waals surface area contributed by atoms with Crippen LogP contribution in [0.5, 0.6) is 11.5 Å². The fraction of sp³-hybridized carbons (Fsp3) is 0.292. The van der Waals surface area contributed by atoms with E-state index in [2.05, 4.69) is 20.3 Å². The molecule has 8 nitrogen and oxygen atoms in total. The molecule has 0 atom stereocenters. The lowest BCUT2D eigenvalue weighted by atomic mass is 9.65. The predicted molar refractivity (Wildman–Crippen MR) is 118 cm³/mol. The Morgan fingerprint density at radius 2 is 1.85 bits per heavy atom. The summed E-state index contributed by atoms with van der Waals surface area (Å²) in [6.07, 6.45) is 4.05. The highest BCUT2D eigenvalue weighted by Crippen LogP contribution is 2.57. The predicted octanol–water partition coefficient (Wildman–Crippen LogP) is 4.82. The van der Waals surface area contributed by atoms with Crippen LogP contribution in [0.3, 0.4) is 0 Å². The molecule has 4 heterocycles. The van der Waals surface area contributed by atoms with Crippen molar-refractivity contribution in [1.29, 1.82) is 0 Å². The van der Waals surface area contributed by atoms with E-state index in [0.29, 0.717) is 11.5 Å². The van der Waals surface area contributed by atoms with E-state index in [0.717, 1.165) is 21.9 Å². The summed E-state index contributed by atoms with van der Waals surface area (Å²) in [7, 11) is 0. The van der Waals surface area contributed by atoms with Gasteiger partial charge in [-0.2, -0.15) is 0 Å². The smallest absolute Gasteiger partial charge is 0.329 e. The fourth-order valence-electron chi connectivity index (χ4n) is 4.45. The molecule has 2 aliphatic rings. The molecule has 1 aliphatic carbocycles. The Morgan fingerprint density at radius 1 is 1.06 bits per heavy atom. The Bertz CT molecular complexity index is 1260. The molecule has 174 valence electrons. The normalized spacial score (nSPS) is 18.0. The van der Waals surface area contributed by atoms with E-state index in [1.165, 1.54) is 12.3 Å². The van der Waals surface area contributed by atoms with Crippen molar-refractivity contribution in [2.75, 3.05) is 11.9 Å². The summed E-state index contributed by atoms with van der Waals surface area (Å²) < 4.78 is 32.5. The van der Waals surface area contributed by atoms with E-state index in [1.807, 2.05) is 19.1 Å². The Balaban J connectivity index is 1.22. The number of imide groups is 1. The van der Waals surface area contributed by atoms with Crippen molar-refractivity contribution in [2.24, 2.45) is 5.41 Å². The Morgan fingerprint density at radius 3 is 2.56 bits per heavy atom. The zero-order valence-corrected chi connectivity index (χ0v) is 18.3. The molecular formula is C24H21F2N5O3. The SMILES string of the molecule is Cc1cc(-c2cc(Oc3ccc(NC(=O)N4CCC5(CC(F)(F)C5)C4=O)nc3)ccn2)ccn1. The molecule has 10 heteroatoms. The van der Waals surface area contributed by atoms with Crippen LogP contribution in [0.2, 0.25) is 0 Å². The first-order valence-corrected chi connectivity index (χ1v) is 10.8. The lowest BCUT2D eigenvalue weighted by Crippen LogP contribution is -2.52. The average Bonchev–Trinajstić information content (AvgIpc) is 3.11. The second kappa shape index (κ2) is 8.12. The second-order valence-corrected chi connectivity index (χ2v) is 8.67. The largest absolute Gasteiger partial charge is 0.456 e. The summed E-state index contributed by atoms with van der Waals surface area (Å²) >= 11 is 0. The number of pyridine rings is 3. The standard InChI is InChI=1S/C24H21F2N5O3/c1-15-10-16(4-7-27-15)19-11-17(5-8-28-19)34-18-2-3-20(29-12-18)30-22(33)31-9-6-23(21(31)32)13-24(25,26)14-23/h2-5,7-8,10-12H,6,9,13-14H2,1H3,(H,29,30,33). The van der Waals surface area contributed by atoms with Crippen molar-refractivity contribution >= 4 is 17.8 Å². The molecule has 0 bridgehead atoms. The van der Waals surface area contributed by atoms with Gasteiger partial charge in [-0.05, 0) is 43.7 Å². The number of aromatic nitrogens is 3. The maximum atomic E-state index is 13.3. The van der Waals surface area contributed by atoms with E-state index >= 15 is 0 Å². The molecule has 0 radical (unpaired) electrons. The third kappa shape index (κ3) is 4.18. The molecule has 1 saturated heterocycles. The number of nitrogens with zero attached hydrogens (tertiary/aromatic N) is 4. The topological polar surface area (TPSA) is 97.3 Å². The maximum Gasteiger partial charge on any atom is 0.329 e. The Kier molecular flexibility index (Phi) is 5.22. The summed E-state index contributed by atoms with van der Waals surface area (Å²) in [5.74, 6) is -2.16. The van der Waals surface area contributed by atoms with Gasteiger partial charge in [-0.3, -0.25) is 25.0 Å². The first-order chi connectivity index (χ1) is 16.2. The minimum Gasteiger partial charge on any atom is -0.456 e. The summed E-state index contributed by atoms with van der Waals surface area (Å²) in [5, 5.41) is 2.54. The van der Waals surface area contributed by atoms with Crippen LogP contribution in [0, 0.1) is 12.3 Å². The van der Waals surface area contributed by atoms with Gasteiger partial charge in [0.15, 0.2) is 0 Å². The number of rotatable bonds is 4. The van der Waals surface area contributed by atoms with Gasteiger partial charge in [-0.25, -0.2) is 18.6 Å². The van der Waals surface area contributed by atoms with Crippen molar-refractivity contribution in [3.63, 3.8) is 0 Å². The van der Waals surface area contributed by atoms with Crippen LogP contribution in [0.4, 0.5) is 19.4 Å². The first-order valence-electron chi connectivity index (χ1n) is 10.8. The highest BCUT2D eigenvalue weighted by Gasteiger charge is 2.64. The molecule has 1 saturated carbocycles. The quantitative estimate of drug-likeness (QED) is 0.593. The molecule has 3 aromatic heterocycles. The van der Waals surface area contributed by atoms with Crippen LogP contribution in [-0.2, 0) is 4.79 Å². The summed E-state index contributed by atoms with van der Waals surface area (Å²) in [4.78, 5) is 38.7. The fourth-order valence-corrected chi connectivity index (χ4v) is 4.45. The number of nitrogens with one attached hydrogen (secondary N) is 1. The highest BCUT2D eigenvalue weighted by atomic mass is 19.3. The monoisotopic (exact) mass is 465 g/mol. The van der Waals surface area contributed by atoms with Gasteiger partial charge in [0.1, 0.15) is 17.3 Å². The zero-order valence-electron chi connectivity index (χ0n) is 18.3. The van der Waals surface area contributed by atoms with Gasteiger partial charge < -0.3 is 4.74 Å². The third-order valence-electron chi connectivity index (χ3n) is 6.08.